The van der Waals surface area contributed by atoms with Crippen molar-refractivity contribution in [1.29, 1.82) is 0 Å². The number of aliphatic carboxylic acids is 2. The standard InChI is InChI=1S/2C18H13Cl3O4.H2O/c2*1-18(10-2-4-11(19)5-3-10)7-9-6-12(25-8-13(22)23)15(20)16(21)14(9)17(18)24;/h2*2-6H,7-8H2,1H3,(H,22,23);1H2. The smallest absolute Gasteiger partial charge is 0.341 e. The molecule has 268 valence electrons. The molecule has 6 rings (SSSR count). The molecule has 0 aromatic heterocycles. The topological polar surface area (TPSA) is 159 Å². The maximum atomic E-state index is 13.0. The van der Waals surface area contributed by atoms with Crippen LogP contribution in [0.15, 0.2) is 60.7 Å². The summed E-state index contributed by atoms with van der Waals surface area (Å²) in [6.07, 6.45) is 0.812. The summed E-state index contributed by atoms with van der Waals surface area (Å²) in [5.74, 6) is -2.23. The average molecular weight is 817 g/mol. The molecule has 0 fully saturated rings. The van der Waals surface area contributed by atoms with E-state index in [1.807, 2.05) is 38.1 Å². The number of fused-ring (bicyclic) bond motifs is 2. The van der Waals surface area contributed by atoms with Crippen molar-refractivity contribution in [3.8, 4) is 11.5 Å². The Balaban J connectivity index is 0.000000224. The van der Waals surface area contributed by atoms with Gasteiger partial charge in [0.05, 0.1) is 20.9 Å². The van der Waals surface area contributed by atoms with Crippen molar-refractivity contribution in [2.45, 2.75) is 37.5 Å². The van der Waals surface area contributed by atoms with Crippen LogP contribution in [0.2, 0.25) is 30.1 Å². The van der Waals surface area contributed by atoms with Crippen LogP contribution in [0.5, 0.6) is 11.5 Å². The lowest BCUT2D eigenvalue weighted by Crippen LogP contribution is -2.29. The minimum absolute atomic E-state index is 0. The van der Waals surface area contributed by atoms with Gasteiger partial charge in [-0.05, 0) is 85.3 Å². The van der Waals surface area contributed by atoms with Crippen LogP contribution in [0.4, 0.5) is 0 Å². The van der Waals surface area contributed by atoms with Crippen molar-refractivity contribution < 1.29 is 44.3 Å². The molecule has 0 saturated carbocycles. The second kappa shape index (κ2) is 15.6. The van der Waals surface area contributed by atoms with Crippen LogP contribution >= 0.6 is 69.6 Å². The van der Waals surface area contributed by atoms with Gasteiger partial charge in [0.2, 0.25) is 0 Å². The maximum Gasteiger partial charge on any atom is 0.341 e. The van der Waals surface area contributed by atoms with Gasteiger partial charge < -0.3 is 25.2 Å². The molecule has 2 aliphatic rings. The van der Waals surface area contributed by atoms with Crippen molar-refractivity contribution in [1.82, 2.24) is 0 Å². The van der Waals surface area contributed by atoms with Gasteiger partial charge in [-0.15, -0.1) is 0 Å². The molecule has 51 heavy (non-hydrogen) atoms. The van der Waals surface area contributed by atoms with Gasteiger partial charge in [-0.3, -0.25) is 9.59 Å². The number of ketones is 2. The van der Waals surface area contributed by atoms with Crippen molar-refractivity contribution in [3.63, 3.8) is 0 Å². The number of rotatable bonds is 8. The molecule has 0 bridgehead atoms. The Morgan fingerprint density at radius 3 is 1.22 bits per heavy atom. The summed E-state index contributed by atoms with van der Waals surface area (Å²) < 4.78 is 10.4. The van der Waals surface area contributed by atoms with Crippen LogP contribution < -0.4 is 9.47 Å². The van der Waals surface area contributed by atoms with E-state index >= 15 is 0 Å². The predicted molar refractivity (Wildman–Crippen MR) is 196 cm³/mol. The van der Waals surface area contributed by atoms with E-state index in [4.69, 9.17) is 89.3 Å². The Hall–Kier alpha value is -3.54. The lowest BCUT2D eigenvalue weighted by atomic mass is 9.79. The molecule has 0 amide bonds. The Bertz CT molecular complexity index is 1900. The number of Topliss-reactive ketones (excluding diaryl/α,β-unsaturated/α-hetero) is 2. The minimum atomic E-state index is -1.13. The molecule has 4 N–H and O–H groups in total. The highest BCUT2D eigenvalue weighted by molar-refractivity contribution is 6.46. The lowest BCUT2D eigenvalue weighted by molar-refractivity contribution is -0.140. The summed E-state index contributed by atoms with van der Waals surface area (Å²) in [5.41, 5.74) is 2.10. The fraction of sp³-hybridized carbons (Fsp3) is 0.222. The summed E-state index contributed by atoms with van der Waals surface area (Å²) in [5, 5.41) is 18.9. The number of halogens is 6. The van der Waals surface area contributed by atoms with E-state index in [-0.39, 0.29) is 48.6 Å². The van der Waals surface area contributed by atoms with E-state index in [2.05, 4.69) is 0 Å². The molecule has 15 heteroatoms. The first-order valence-electron chi connectivity index (χ1n) is 14.8. The molecular weight excluding hydrogens is 789 g/mol. The molecule has 0 aliphatic heterocycles. The third-order valence-corrected chi connectivity index (χ3v) is 10.9. The second-order valence-electron chi connectivity index (χ2n) is 12.1. The van der Waals surface area contributed by atoms with Gasteiger partial charge in [-0.25, -0.2) is 9.59 Å². The molecule has 0 radical (unpaired) electrons. The van der Waals surface area contributed by atoms with Crippen molar-refractivity contribution in [2.75, 3.05) is 13.2 Å². The molecule has 9 nitrogen and oxygen atoms in total. The Labute approximate surface area is 322 Å². The van der Waals surface area contributed by atoms with Gasteiger partial charge in [-0.2, -0.15) is 0 Å². The number of benzene rings is 4. The SMILES string of the molecule is CC1(c2ccc(Cl)cc2)Cc2cc(OCC(=O)O)c(Cl)c(Cl)c2C1=O.CC1(c2ccc(Cl)cc2)Cc2cc(OCC(=O)O)c(Cl)c(Cl)c2C1=O.O. The first-order valence-corrected chi connectivity index (χ1v) is 17.1. The Kier molecular flexibility index (Phi) is 12.3. The second-order valence-corrected chi connectivity index (χ2v) is 14.5. The third kappa shape index (κ3) is 7.81. The fourth-order valence-corrected chi connectivity index (χ4v) is 7.40. The van der Waals surface area contributed by atoms with Crippen LogP contribution in [0, 0.1) is 0 Å². The minimum Gasteiger partial charge on any atom is -0.480 e. The van der Waals surface area contributed by atoms with Gasteiger partial charge in [0.1, 0.15) is 21.5 Å². The highest BCUT2D eigenvalue weighted by Crippen LogP contribution is 2.49. The summed E-state index contributed by atoms with van der Waals surface area (Å²) in [6.45, 7) is 2.58. The monoisotopic (exact) mass is 814 g/mol. The number of carbonyl (C=O) groups excluding carboxylic acids is 2. The van der Waals surface area contributed by atoms with Crippen molar-refractivity contribution in [2.24, 2.45) is 0 Å². The first kappa shape index (κ1) is 40.2. The van der Waals surface area contributed by atoms with Crippen molar-refractivity contribution in [3.05, 3.63) is 124 Å². The number of hydrogen-bond acceptors (Lipinski definition) is 6. The van der Waals surface area contributed by atoms with E-state index < -0.39 is 36.0 Å². The van der Waals surface area contributed by atoms with Crippen LogP contribution in [0.3, 0.4) is 0 Å². The Morgan fingerprint density at radius 1 is 0.608 bits per heavy atom. The van der Waals surface area contributed by atoms with Crippen molar-refractivity contribution >= 4 is 93.1 Å². The zero-order chi connectivity index (χ0) is 36.7. The predicted octanol–water partition coefficient (Wildman–Crippen LogP) is 8.79. The molecular formula is C36H28Cl6O9. The summed E-state index contributed by atoms with van der Waals surface area (Å²) in [7, 11) is 0. The van der Waals surface area contributed by atoms with Gasteiger partial charge in [0.15, 0.2) is 24.8 Å². The molecule has 2 aliphatic carbocycles. The van der Waals surface area contributed by atoms with Crippen LogP contribution in [0.25, 0.3) is 0 Å². The number of carboxylic acid groups (broad SMARTS) is 2. The zero-order valence-electron chi connectivity index (χ0n) is 26.7. The van der Waals surface area contributed by atoms with Gasteiger partial charge in [0, 0.05) is 21.2 Å². The van der Waals surface area contributed by atoms with E-state index in [9.17, 15) is 19.2 Å². The number of carboxylic acids is 2. The van der Waals surface area contributed by atoms with Crippen LogP contribution in [-0.2, 0) is 33.3 Å². The molecule has 0 heterocycles. The maximum absolute atomic E-state index is 13.0. The summed E-state index contributed by atoms with van der Waals surface area (Å²) >= 11 is 36.8. The van der Waals surface area contributed by atoms with Crippen LogP contribution in [0.1, 0.15) is 56.8 Å². The molecule has 4 aromatic rings. The van der Waals surface area contributed by atoms with Gasteiger partial charge in [0.25, 0.3) is 0 Å². The van der Waals surface area contributed by atoms with E-state index in [0.717, 1.165) is 11.1 Å². The van der Waals surface area contributed by atoms with Gasteiger partial charge in [-0.1, -0.05) is 93.9 Å². The number of carbonyl (C=O) groups is 4. The van der Waals surface area contributed by atoms with Crippen LogP contribution in [-0.4, -0.2) is 52.4 Å². The highest BCUT2D eigenvalue weighted by Gasteiger charge is 2.46. The summed E-state index contributed by atoms with van der Waals surface area (Å²) in [6, 6.07) is 17.3. The first-order chi connectivity index (χ1) is 23.5. The van der Waals surface area contributed by atoms with Gasteiger partial charge >= 0.3 is 11.9 Å². The fourth-order valence-electron chi connectivity index (χ4n) is 6.14. The lowest BCUT2D eigenvalue weighted by Gasteiger charge is -2.22. The number of ether oxygens (including phenoxy) is 2. The summed E-state index contributed by atoms with van der Waals surface area (Å²) in [4.78, 5) is 47.5. The highest BCUT2D eigenvalue weighted by atomic mass is 35.5. The normalized spacial score (nSPS) is 18.6. The zero-order valence-corrected chi connectivity index (χ0v) is 31.2. The molecule has 0 spiro atoms. The van der Waals surface area contributed by atoms with E-state index in [1.165, 1.54) is 0 Å². The molecule has 2 atom stereocenters. The quantitative estimate of drug-likeness (QED) is 0.179. The Morgan fingerprint density at radius 2 is 0.922 bits per heavy atom. The molecule has 2 unspecified atom stereocenters. The third-order valence-electron chi connectivity index (χ3n) is 8.72. The van der Waals surface area contributed by atoms with E-state index in [0.29, 0.717) is 45.1 Å². The molecule has 0 saturated heterocycles. The van der Waals surface area contributed by atoms with E-state index in [1.54, 1.807) is 36.4 Å². The largest absolute Gasteiger partial charge is 0.480 e. The molecule has 4 aromatic carbocycles. The number of hydrogen-bond donors (Lipinski definition) is 2. The average Bonchev–Trinajstić information content (AvgIpc) is 3.48.